The van der Waals surface area contributed by atoms with Gasteiger partial charge in [0, 0.05) is 11.3 Å². The maximum Gasteiger partial charge on any atom is 0.303 e. The number of hydrogen-bond acceptors (Lipinski definition) is 5. The van der Waals surface area contributed by atoms with Crippen molar-refractivity contribution >= 4 is 28.2 Å². The molecule has 20 heavy (non-hydrogen) atoms. The fourth-order valence-corrected chi connectivity index (χ4v) is 2.61. The van der Waals surface area contributed by atoms with E-state index in [2.05, 4.69) is 16.7 Å². The van der Waals surface area contributed by atoms with Crippen LogP contribution in [0.15, 0.2) is 0 Å². The zero-order valence-electron chi connectivity index (χ0n) is 11.4. The molecule has 7 heteroatoms. The van der Waals surface area contributed by atoms with Crippen molar-refractivity contribution in [3.63, 3.8) is 0 Å². The minimum absolute atomic E-state index is 0.0799. The number of anilines is 1. The second kappa shape index (κ2) is 7.62. The molecule has 0 radical (unpaired) electrons. The highest BCUT2D eigenvalue weighted by atomic mass is 32.1. The van der Waals surface area contributed by atoms with Crippen LogP contribution in [-0.2, 0) is 9.59 Å². The summed E-state index contributed by atoms with van der Waals surface area (Å²) in [6.07, 6.45) is 0.555. The summed E-state index contributed by atoms with van der Waals surface area (Å²) < 4.78 is 0. The number of thiophene rings is 1. The lowest BCUT2D eigenvalue weighted by Gasteiger charge is -2.05. The molecule has 1 heterocycles. The van der Waals surface area contributed by atoms with Crippen LogP contribution >= 0.6 is 11.3 Å². The van der Waals surface area contributed by atoms with Gasteiger partial charge in [-0.25, -0.2) is 0 Å². The number of nitriles is 1. The van der Waals surface area contributed by atoms with E-state index in [9.17, 15) is 9.59 Å². The zero-order chi connectivity index (χ0) is 15.1. The first-order chi connectivity index (χ1) is 9.45. The number of aryl methyl sites for hydroxylation is 1. The normalized spacial score (nSPS) is 10.1. The molecule has 0 unspecified atom stereocenters. The number of rotatable bonds is 7. The minimum atomic E-state index is -0.848. The first-order valence-electron chi connectivity index (χ1n) is 6.18. The third kappa shape index (κ3) is 4.64. The third-order valence-corrected chi connectivity index (χ3v) is 3.90. The molecule has 1 amide bonds. The van der Waals surface area contributed by atoms with Crippen LogP contribution in [0.3, 0.4) is 0 Å². The molecule has 0 saturated heterocycles. The minimum Gasteiger partial charge on any atom is -0.481 e. The number of carboxylic acid groups (broad SMARTS) is 1. The fourth-order valence-electron chi connectivity index (χ4n) is 1.59. The molecule has 0 spiro atoms. The van der Waals surface area contributed by atoms with Crippen LogP contribution in [0.25, 0.3) is 0 Å². The Hall–Kier alpha value is -1.91. The highest BCUT2D eigenvalue weighted by molar-refractivity contribution is 7.16. The van der Waals surface area contributed by atoms with Gasteiger partial charge >= 0.3 is 5.97 Å². The van der Waals surface area contributed by atoms with E-state index in [4.69, 9.17) is 10.4 Å². The smallest absolute Gasteiger partial charge is 0.303 e. The van der Waals surface area contributed by atoms with Crippen LogP contribution < -0.4 is 10.6 Å². The first kappa shape index (κ1) is 16.1. The van der Waals surface area contributed by atoms with Gasteiger partial charge in [0.05, 0.1) is 12.1 Å². The van der Waals surface area contributed by atoms with E-state index in [1.807, 2.05) is 13.8 Å². The van der Waals surface area contributed by atoms with Gasteiger partial charge in [-0.15, -0.1) is 11.3 Å². The Balaban J connectivity index is 2.42. The first-order valence-corrected chi connectivity index (χ1v) is 6.99. The molecule has 0 aliphatic heterocycles. The zero-order valence-corrected chi connectivity index (χ0v) is 12.3. The lowest BCUT2D eigenvalue weighted by molar-refractivity contribution is -0.137. The van der Waals surface area contributed by atoms with Gasteiger partial charge in [0.2, 0.25) is 5.91 Å². The van der Waals surface area contributed by atoms with Crippen LogP contribution in [0.1, 0.15) is 28.8 Å². The van der Waals surface area contributed by atoms with E-state index in [0.717, 1.165) is 10.4 Å². The summed E-state index contributed by atoms with van der Waals surface area (Å²) in [5.74, 6) is -1.09. The lowest BCUT2D eigenvalue weighted by atomic mass is 10.2. The number of hydrogen-bond donors (Lipinski definition) is 3. The Morgan fingerprint density at radius 3 is 2.70 bits per heavy atom. The summed E-state index contributed by atoms with van der Waals surface area (Å²) in [6.45, 7) is 4.32. The molecule has 0 atom stereocenters. The molecule has 0 aliphatic rings. The maximum atomic E-state index is 11.7. The van der Waals surface area contributed by atoms with Gasteiger partial charge in [0.15, 0.2) is 0 Å². The molecule has 6 nitrogen and oxygen atoms in total. The van der Waals surface area contributed by atoms with Crippen molar-refractivity contribution in [2.45, 2.75) is 26.7 Å². The van der Waals surface area contributed by atoms with Gasteiger partial charge in [-0.2, -0.15) is 5.26 Å². The van der Waals surface area contributed by atoms with Crippen molar-refractivity contribution in [3.05, 3.63) is 16.0 Å². The number of nitrogens with one attached hydrogen (secondary N) is 2. The molecular weight excluding hydrogens is 278 g/mol. The van der Waals surface area contributed by atoms with Crippen molar-refractivity contribution < 1.29 is 14.7 Å². The highest BCUT2D eigenvalue weighted by Gasteiger charge is 2.14. The van der Waals surface area contributed by atoms with Gasteiger partial charge in [0.25, 0.3) is 0 Å². The standard InChI is InChI=1S/C13H17N3O3S/c1-8-9(2)20-13(10(8)6-14)16-11(17)7-15-5-3-4-12(18)19/h15H,3-5,7H2,1-2H3,(H,16,17)(H,18,19). The quantitative estimate of drug-likeness (QED) is 0.663. The van der Waals surface area contributed by atoms with Gasteiger partial charge < -0.3 is 15.7 Å². The maximum absolute atomic E-state index is 11.7. The highest BCUT2D eigenvalue weighted by Crippen LogP contribution is 2.31. The van der Waals surface area contributed by atoms with Crippen molar-refractivity contribution in [2.24, 2.45) is 0 Å². The Kier molecular flexibility index (Phi) is 6.15. The summed E-state index contributed by atoms with van der Waals surface area (Å²) in [4.78, 5) is 23.0. The van der Waals surface area contributed by atoms with Crippen molar-refractivity contribution in [2.75, 3.05) is 18.4 Å². The SMILES string of the molecule is Cc1sc(NC(=O)CNCCCC(=O)O)c(C#N)c1C. The number of carbonyl (C=O) groups is 2. The van der Waals surface area contributed by atoms with E-state index in [0.29, 0.717) is 23.5 Å². The molecule has 1 aromatic rings. The molecule has 1 aromatic heterocycles. The van der Waals surface area contributed by atoms with Crippen molar-refractivity contribution in [1.29, 1.82) is 5.26 Å². The Bertz CT molecular complexity index is 546. The Labute approximate surface area is 121 Å². The summed E-state index contributed by atoms with van der Waals surface area (Å²) in [6, 6.07) is 2.09. The molecule has 0 saturated carbocycles. The molecule has 3 N–H and O–H groups in total. The van der Waals surface area contributed by atoms with Crippen molar-refractivity contribution in [3.8, 4) is 6.07 Å². The predicted molar refractivity (Wildman–Crippen MR) is 76.9 cm³/mol. The second-order valence-corrected chi connectivity index (χ2v) is 5.55. The number of carbonyl (C=O) groups excluding carboxylic acids is 1. The average molecular weight is 295 g/mol. The van der Waals surface area contributed by atoms with E-state index >= 15 is 0 Å². The molecule has 1 rings (SSSR count). The average Bonchev–Trinajstić information content (AvgIpc) is 2.63. The number of nitrogens with zero attached hydrogens (tertiary/aromatic N) is 1. The van der Waals surface area contributed by atoms with Gasteiger partial charge in [-0.1, -0.05) is 0 Å². The molecule has 0 fully saturated rings. The van der Waals surface area contributed by atoms with E-state index in [1.165, 1.54) is 11.3 Å². The monoisotopic (exact) mass is 295 g/mol. The molecule has 0 aliphatic carbocycles. The number of aliphatic carboxylic acids is 1. The van der Waals surface area contributed by atoms with Gasteiger partial charge in [0.1, 0.15) is 11.1 Å². The van der Waals surface area contributed by atoms with Crippen LogP contribution in [0.5, 0.6) is 0 Å². The molecule has 0 aromatic carbocycles. The molecule has 0 bridgehead atoms. The predicted octanol–water partition coefficient (Wildman–Crippen LogP) is 1.63. The Morgan fingerprint density at radius 1 is 1.40 bits per heavy atom. The van der Waals surface area contributed by atoms with E-state index < -0.39 is 5.97 Å². The second-order valence-electron chi connectivity index (χ2n) is 4.32. The number of carboxylic acids is 1. The fraction of sp³-hybridized carbons (Fsp3) is 0.462. The van der Waals surface area contributed by atoms with Crippen LogP contribution in [-0.4, -0.2) is 30.1 Å². The van der Waals surface area contributed by atoms with Gasteiger partial charge in [-0.05, 0) is 32.4 Å². The van der Waals surface area contributed by atoms with E-state index in [-0.39, 0.29) is 18.9 Å². The van der Waals surface area contributed by atoms with Crippen molar-refractivity contribution in [1.82, 2.24) is 5.32 Å². The lowest BCUT2D eigenvalue weighted by Crippen LogP contribution is -2.28. The molecule has 108 valence electrons. The summed E-state index contributed by atoms with van der Waals surface area (Å²) in [5.41, 5.74) is 1.40. The summed E-state index contributed by atoms with van der Waals surface area (Å²) in [7, 11) is 0. The summed E-state index contributed by atoms with van der Waals surface area (Å²) in [5, 5.41) is 23.7. The number of amides is 1. The Morgan fingerprint density at radius 2 is 2.10 bits per heavy atom. The summed E-state index contributed by atoms with van der Waals surface area (Å²) >= 11 is 1.38. The topological polar surface area (TPSA) is 102 Å². The van der Waals surface area contributed by atoms with E-state index in [1.54, 1.807) is 0 Å². The molecular formula is C13H17N3O3S. The largest absolute Gasteiger partial charge is 0.481 e. The third-order valence-electron chi connectivity index (χ3n) is 2.78. The van der Waals surface area contributed by atoms with Crippen LogP contribution in [0.2, 0.25) is 0 Å². The van der Waals surface area contributed by atoms with Crippen LogP contribution in [0, 0.1) is 25.2 Å². The van der Waals surface area contributed by atoms with Gasteiger partial charge in [-0.3, -0.25) is 9.59 Å². The van der Waals surface area contributed by atoms with Crippen LogP contribution in [0.4, 0.5) is 5.00 Å².